The molecule has 2 heterocycles. The first-order valence-electron chi connectivity index (χ1n) is 12.6. The van der Waals surface area contributed by atoms with E-state index in [2.05, 4.69) is 11.2 Å². The summed E-state index contributed by atoms with van der Waals surface area (Å²) in [6, 6.07) is 14.7. The topological polar surface area (TPSA) is 76.2 Å². The van der Waals surface area contributed by atoms with Crippen LogP contribution in [0, 0.1) is 18.2 Å². The number of urea groups is 1. The van der Waals surface area contributed by atoms with E-state index < -0.39 is 12.2 Å². The fourth-order valence-electron chi connectivity index (χ4n) is 4.96. The third kappa shape index (κ3) is 5.92. The molecule has 9 heteroatoms. The first-order valence-corrected chi connectivity index (χ1v) is 12.6. The van der Waals surface area contributed by atoms with Gasteiger partial charge in [-0.15, -0.1) is 6.42 Å². The number of hydrogen-bond donors (Lipinski definition) is 1. The van der Waals surface area contributed by atoms with Crippen LogP contribution in [0.1, 0.15) is 30.9 Å². The fraction of sp³-hybridized carbons (Fsp3) is 0.393. The van der Waals surface area contributed by atoms with Gasteiger partial charge < -0.3 is 15.1 Å². The van der Waals surface area contributed by atoms with Crippen molar-refractivity contribution in [3.8, 4) is 12.3 Å². The molecule has 1 N–H and O–H groups in total. The van der Waals surface area contributed by atoms with E-state index in [-0.39, 0.29) is 43.3 Å². The number of nitrogens with zero attached hydrogens (tertiary/aromatic N) is 4. The maximum atomic E-state index is 13.5. The Balaban J connectivity index is 1.59. The summed E-state index contributed by atoms with van der Waals surface area (Å²) >= 11 is 0. The van der Waals surface area contributed by atoms with Crippen molar-refractivity contribution in [1.82, 2.24) is 25.1 Å². The SMILES string of the molecule is C#CCN1CC(=O)N2[C@@H](CCC)C(=O)N(CCc3ccc(F)cc3)C[C@@H]2N1C(=O)NCc1ccccc1. The number of hydrogen-bond acceptors (Lipinski definition) is 4. The van der Waals surface area contributed by atoms with Crippen molar-refractivity contribution in [2.75, 3.05) is 26.2 Å². The lowest BCUT2D eigenvalue weighted by molar-refractivity contribution is -0.189. The van der Waals surface area contributed by atoms with E-state index in [0.717, 1.165) is 11.1 Å². The van der Waals surface area contributed by atoms with Crippen molar-refractivity contribution < 1.29 is 18.8 Å². The zero-order valence-electron chi connectivity index (χ0n) is 21.0. The lowest BCUT2D eigenvalue weighted by Crippen LogP contribution is -2.76. The van der Waals surface area contributed by atoms with Crippen LogP contribution in [-0.2, 0) is 22.6 Å². The zero-order chi connectivity index (χ0) is 26.4. The summed E-state index contributed by atoms with van der Waals surface area (Å²) in [5, 5.41) is 6.02. The van der Waals surface area contributed by atoms with Gasteiger partial charge in [-0.3, -0.25) is 9.59 Å². The number of carbonyl (C=O) groups is 3. The number of nitrogens with one attached hydrogen (secondary N) is 1. The Morgan fingerprint density at radius 2 is 1.84 bits per heavy atom. The Labute approximate surface area is 217 Å². The minimum absolute atomic E-state index is 0.0802. The number of rotatable bonds is 8. The molecule has 2 atom stereocenters. The number of piperazine rings is 1. The highest BCUT2D eigenvalue weighted by Gasteiger charge is 2.50. The van der Waals surface area contributed by atoms with Crippen LogP contribution in [0.5, 0.6) is 0 Å². The van der Waals surface area contributed by atoms with Crippen LogP contribution in [0.3, 0.4) is 0 Å². The van der Waals surface area contributed by atoms with Gasteiger partial charge in [-0.05, 0) is 36.1 Å². The summed E-state index contributed by atoms with van der Waals surface area (Å²) in [6.45, 7) is 2.82. The van der Waals surface area contributed by atoms with Crippen LogP contribution in [-0.4, -0.2) is 76.0 Å². The zero-order valence-corrected chi connectivity index (χ0v) is 21.0. The third-order valence-electron chi connectivity index (χ3n) is 6.74. The maximum absolute atomic E-state index is 13.5. The Kier molecular flexibility index (Phi) is 8.41. The van der Waals surface area contributed by atoms with Gasteiger partial charge in [0.1, 0.15) is 18.0 Å². The van der Waals surface area contributed by atoms with Crippen molar-refractivity contribution in [2.45, 2.75) is 44.9 Å². The van der Waals surface area contributed by atoms with E-state index in [1.165, 1.54) is 17.1 Å². The van der Waals surface area contributed by atoms with Crippen LogP contribution < -0.4 is 5.32 Å². The van der Waals surface area contributed by atoms with Gasteiger partial charge in [0.25, 0.3) is 0 Å². The standard InChI is InChI=1S/C28H32FN5O3/c1-3-8-24-27(36)31(17-15-21-11-13-23(29)14-12-21)19-25-33(24)26(35)20-32(16-4-2)34(25)28(37)30-18-22-9-6-5-7-10-22/h2,5-7,9-14,24-25H,3,8,15-20H2,1H3,(H,30,37)/t24-,25-/m0/s1. The average Bonchev–Trinajstić information content (AvgIpc) is 2.90. The molecule has 0 aromatic heterocycles. The molecule has 4 amide bonds. The number of benzene rings is 2. The predicted octanol–water partition coefficient (Wildman–Crippen LogP) is 2.61. The highest BCUT2D eigenvalue weighted by molar-refractivity contribution is 5.91. The van der Waals surface area contributed by atoms with E-state index >= 15 is 0 Å². The monoisotopic (exact) mass is 505 g/mol. The van der Waals surface area contributed by atoms with Gasteiger partial charge in [0.15, 0.2) is 0 Å². The van der Waals surface area contributed by atoms with Crippen molar-refractivity contribution in [3.05, 3.63) is 71.5 Å². The molecule has 2 aliphatic heterocycles. The summed E-state index contributed by atoms with van der Waals surface area (Å²) in [5.41, 5.74) is 1.84. The van der Waals surface area contributed by atoms with Crippen LogP contribution >= 0.6 is 0 Å². The first-order chi connectivity index (χ1) is 17.9. The minimum atomic E-state index is -0.687. The van der Waals surface area contributed by atoms with E-state index in [1.807, 2.05) is 37.3 Å². The van der Waals surface area contributed by atoms with E-state index in [9.17, 15) is 18.8 Å². The maximum Gasteiger partial charge on any atom is 0.334 e. The Morgan fingerprint density at radius 3 is 2.51 bits per heavy atom. The quantitative estimate of drug-likeness (QED) is 0.560. The molecule has 2 aromatic rings. The summed E-state index contributed by atoms with van der Waals surface area (Å²) < 4.78 is 13.3. The number of terminal acetylenes is 1. The second-order valence-electron chi connectivity index (χ2n) is 9.26. The number of amides is 4. The number of fused-ring (bicyclic) bond motifs is 1. The molecule has 4 rings (SSSR count). The predicted molar refractivity (Wildman–Crippen MR) is 137 cm³/mol. The highest BCUT2D eigenvalue weighted by atomic mass is 19.1. The van der Waals surface area contributed by atoms with Crippen LogP contribution in [0.15, 0.2) is 54.6 Å². The van der Waals surface area contributed by atoms with E-state index in [0.29, 0.717) is 32.4 Å². The van der Waals surface area contributed by atoms with Gasteiger partial charge in [0.2, 0.25) is 11.8 Å². The molecule has 0 spiro atoms. The molecule has 37 heavy (non-hydrogen) atoms. The smallest absolute Gasteiger partial charge is 0.334 e. The van der Waals surface area contributed by atoms with Crippen molar-refractivity contribution in [1.29, 1.82) is 0 Å². The molecule has 0 saturated carbocycles. The third-order valence-corrected chi connectivity index (χ3v) is 6.74. The first kappa shape index (κ1) is 26.2. The summed E-state index contributed by atoms with van der Waals surface area (Å²) in [5.74, 6) is 1.87. The molecule has 2 aliphatic rings. The largest absolute Gasteiger partial charge is 0.337 e. The number of carbonyl (C=O) groups excluding carboxylic acids is 3. The molecule has 0 aliphatic carbocycles. The summed E-state index contributed by atoms with van der Waals surface area (Å²) in [6.07, 6.45) is 6.61. The Morgan fingerprint density at radius 1 is 1.11 bits per heavy atom. The molecule has 2 saturated heterocycles. The normalized spacial score (nSPS) is 20.0. The molecule has 8 nitrogen and oxygen atoms in total. The van der Waals surface area contributed by atoms with Gasteiger partial charge in [0.05, 0.1) is 19.6 Å². The van der Waals surface area contributed by atoms with Crippen LogP contribution in [0.25, 0.3) is 0 Å². The van der Waals surface area contributed by atoms with Gasteiger partial charge in [-0.1, -0.05) is 61.7 Å². The second-order valence-corrected chi connectivity index (χ2v) is 9.26. The molecule has 2 aromatic carbocycles. The molecule has 0 bridgehead atoms. The minimum Gasteiger partial charge on any atom is -0.337 e. The van der Waals surface area contributed by atoms with Crippen molar-refractivity contribution in [3.63, 3.8) is 0 Å². The summed E-state index contributed by atoms with van der Waals surface area (Å²) in [4.78, 5) is 43.5. The van der Waals surface area contributed by atoms with Crippen molar-refractivity contribution in [2.24, 2.45) is 0 Å². The fourth-order valence-corrected chi connectivity index (χ4v) is 4.96. The average molecular weight is 506 g/mol. The van der Waals surface area contributed by atoms with Crippen LogP contribution in [0.4, 0.5) is 9.18 Å². The summed E-state index contributed by atoms with van der Waals surface area (Å²) in [7, 11) is 0. The molecule has 194 valence electrons. The molecule has 0 radical (unpaired) electrons. The Hall–Kier alpha value is -3.90. The lowest BCUT2D eigenvalue weighted by atomic mass is 10.0. The molecule has 0 unspecified atom stereocenters. The molecular weight excluding hydrogens is 473 g/mol. The second kappa shape index (κ2) is 11.9. The Bertz CT molecular complexity index is 1150. The van der Waals surface area contributed by atoms with Gasteiger partial charge >= 0.3 is 6.03 Å². The molecule has 2 fully saturated rings. The number of halogens is 1. The van der Waals surface area contributed by atoms with Crippen molar-refractivity contribution >= 4 is 17.8 Å². The number of hydrazine groups is 1. The highest BCUT2D eigenvalue weighted by Crippen LogP contribution is 2.28. The van der Waals surface area contributed by atoms with E-state index in [4.69, 9.17) is 6.42 Å². The molecular formula is C28H32FN5O3. The van der Waals surface area contributed by atoms with Crippen LogP contribution in [0.2, 0.25) is 0 Å². The van der Waals surface area contributed by atoms with E-state index in [1.54, 1.807) is 26.9 Å². The van der Waals surface area contributed by atoms with Gasteiger partial charge in [-0.2, -0.15) is 5.01 Å². The van der Waals surface area contributed by atoms with Gasteiger partial charge in [0, 0.05) is 13.1 Å². The lowest BCUT2D eigenvalue weighted by Gasteiger charge is -2.55. The van der Waals surface area contributed by atoms with Gasteiger partial charge in [-0.25, -0.2) is 14.2 Å².